The van der Waals surface area contributed by atoms with Crippen molar-refractivity contribution in [2.75, 3.05) is 0 Å². The van der Waals surface area contributed by atoms with Crippen molar-refractivity contribution in [1.82, 2.24) is 9.97 Å². The zero-order valence-corrected chi connectivity index (χ0v) is 10.8. The van der Waals surface area contributed by atoms with Crippen molar-refractivity contribution in [3.63, 3.8) is 0 Å². The van der Waals surface area contributed by atoms with Crippen LogP contribution in [0.4, 0.5) is 0 Å². The molecule has 1 aromatic heterocycles. The topological polar surface area (TPSA) is 25.8 Å². The molecule has 1 rings (SSSR count). The van der Waals surface area contributed by atoms with Crippen molar-refractivity contribution in [3.8, 4) is 0 Å². The van der Waals surface area contributed by atoms with Crippen molar-refractivity contribution in [2.24, 2.45) is 0 Å². The summed E-state index contributed by atoms with van der Waals surface area (Å²) in [6.45, 7) is 13.1. The van der Waals surface area contributed by atoms with Crippen LogP contribution in [0.25, 0.3) is 0 Å². The van der Waals surface area contributed by atoms with Crippen molar-refractivity contribution in [2.45, 2.75) is 58.8 Å². The van der Waals surface area contributed by atoms with Crippen LogP contribution >= 0.6 is 0 Å². The Balaban J connectivity index is 3.14. The quantitative estimate of drug-likeness (QED) is 0.740. The van der Waals surface area contributed by atoms with Crippen LogP contribution in [0.3, 0.4) is 0 Å². The minimum atomic E-state index is 0.0707. The van der Waals surface area contributed by atoms with E-state index in [-0.39, 0.29) is 10.8 Å². The lowest BCUT2D eigenvalue weighted by atomic mass is 9.87. The number of aromatic nitrogens is 2. The predicted octanol–water partition coefficient (Wildman–Crippen LogP) is 3.46. The molecule has 0 radical (unpaired) electrons. The first-order chi connectivity index (χ1) is 6.77. The lowest BCUT2D eigenvalue weighted by Gasteiger charge is -2.24. The molecule has 0 aliphatic carbocycles. The van der Waals surface area contributed by atoms with Crippen LogP contribution in [0.2, 0.25) is 0 Å². The second-order valence-corrected chi connectivity index (χ2v) is 5.75. The predicted molar refractivity (Wildman–Crippen MR) is 64.0 cm³/mol. The van der Waals surface area contributed by atoms with Crippen LogP contribution < -0.4 is 0 Å². The molecule has 0 saturated carbocycles. The Hall–Kier alpha value is -0.920. The molecule has 2 heteroatoms. The molecule has 0 unspecified atom stereocenters. The summed E-state index contributed by atoms with van der Waals surface area (Å²) in [4.78, 5) is 9.06. The monoisotopic (exact) mass is 206 g/mol. The van der Waals surface area contributed by atoms with Crippen LogP contribution in [0.5, 0.6) is 0 Å². The maximum absolute atomic E-state index is 4.68. The molecule has 1 heterocycles. The Morgan fingerprint density at radius 1 is 1.13 bits per heavy atom. The van der Waals surface area contributed by atoms with E-state index in [0.717, 1.165) is 17.9 Å². The van der Waals surface area contributed by atoms with Gasteiger partial charge in [-0.2, -0.15) is 0 Å². The smallest absolute Gasteiger partial charge is 0.134 e. The molecule has 0 amide bonds. The van der Waals surface area contributed by atoms with Gasteiger partial charge in [-0.15, -0.1) is 0 Å². The first kappa shape index (κ1) is 12.2. The zero-order chi connectivity index (χ0) is 11.7. The van der Waals surface area contributed by atoms with Gasteiger partial charge in [0.1, 0.15) is 5.82 Å². The van der Waals surface area contributed by atoms with E-state index in [4.69, 9.17) is 0 Å². The van der Waals surface area contributed by atoms with Gasteiger partial charge in [-0.25, -0.2) is 9.97 Å². The molecule has 0 aliphatic heterocycles. The van der Waals surface area contributed by atoms with Gasteiger partial charge < -0.3 is 0 Å². The van der Waals surface area contributed by atoms with Gasteiger partial charge in [0.25, 0.3) is 0 Å². The lowest BCUT2D eigenvalue weighted by molar-refractivity contribution is 0.460. The summed E-state index contributed by atoms with van der Waals surface area (Å²) in [5, 5.41) is 0. The third-order valence-corrected chi connectivity index (χ3v) is 2.91. The number of rotatable bonds is 2. The van der Waals surface area contributed by atoms with Crippen LogP contribution in [0.15, 0.2) is 12.3 Å². The van der Waals surface area contributed by atoms with E-state index >= 15 is 0 Å². The molecule has 15 heavy (non-hydrogen) atoms. The van der Waals surface area contributed by atoms with Gasteiger partial charge in [0, 0.05) is 22.7 Å². The van der Waals surface area contributed by atoms with Gasteiger partial charge in [0.15, 0.2) is 0 Å². The molecule has 0 atom stereocenters. The first-order valence-corrected chi connectivity index (χ1v) is 5.61. The SMILES string of the molecule is CCC(C)(C)c1nccc(C(C)(C)C)n1. The fourth-order valence-corrected chi connectivity index (χ4v) is 1.26. The third-order valence-electron chi connectivity index (χ3n) is 2.91. The van der Waals surface area contributed by atoms with Crippen molar-refractivity contribution in [1.29, 1.82) is 0 Å². The van der Waals surface area contributed by atoms with E-state index in [1.165, 1.54) is 0 Å². The highest BCUT2D eigenvalue weighted by Crippen LogP contribution is 2.26. The Labute approximate surface area is 93.2 Å². The maximum atomic E-state index is 4.68. The molecule has 0 N–H and O–H groups in total. The van der Waals surface area contributed by atoms with Gasteiger partial charge >= 0.3 is 0 Å². The summed E-state index contributed by atoms with van der Waals surface area (Å²) in [5.74, 6) is 0.956. The summed E-state index contributed by atoms with van der Waals surface area (Å²) in [6, 6.07) is 2.01. The highest BCUT2D eigenvalue weighted by molar-refractivity contribution is 5.15. The Kier molecular flexibility index (Phi) is 3.17. The van der Waals surface area contributed by atoms with E-state index in [1.807, 2.05) is 12.3 Å². The molecule has 84 valence electrons. The summed E-state index contributed by atoms with van der Waals surface area (Å²) in [6.07, 6.45) is 2.93. The van der Waals surface area contributed by atoms with E-state index in [1.54, 1.807) is 0 Å². The Morgan fingerprint density at radius 2 is 1.73 bits per heavy atom. The lowest BCUT2D eigenvalue weighted by Crippen LogP contribution is -2.23. The van der Waals surface area contributed by atoms with Crippen LogP contribution in [-0.2, 0) is 10.8 Å². The van der Waals surface area contributed by atoms with Crippen molar-refractivity contribution < 1.29 is 0 Å². The van der Waals surface area contributed by atoms with Gasteiger partial charge in [-0.3, -0.25) is 0 Å². The molecule has 0 fully saturated rings. The van der Waals surface area contributed by atoms with E-state index in [9.17, 15) is 0 Å². The highest BCUT2D eigenvalue weighted by Gasteiger charge is 2.24. The van der Waals surface area contributed by atoms with E-state index < -0.39 is 0 Å². The number of hydrogen-bond acceptors (Lipinski definition) is 2. The molecule has 0 aliphatic rings. The molecule has 1 aromatic rings. The Bertz CT molecular complexity index is 335. The van der Waals surface area contributed by atoms with Crippen LogP contribution in [0.1, 0.15) is 59.5 Å². The minimum Gasteiger partial charge on any atom is -0.241 e. The van der Waals surface area contributed by atoms with Gasteiger partial charge in [0.05, 0.1) is 0 Å². The van der Waals surface area contributed by atoms with Gasteiger partial charge in [-0.1, -0.05) is 41.5 Å². The van der Waals surface area contributed by atoms with Gasteiger partial charge in [0.2, 0.25) is 0 Å². The largest absolute Gasteiger partial charge is 0.241 e. The molecule has 2 nitrogen and oxygen atoms in total. The van der Waals surface area contributed by atoms with E-state index in [0.29, 0.717) is 0 Å². The highest BCUT2D eigenvalue weighted by atomic mass is 14.9. The first-order valence-electron chi connectivity index (χ1n) is 5.61. The molecule has 0 spiro atoms. The van der Waals surface area contributed by atoms with Crippen molar-refractivity contribution >= 4 is 0 Å². The molecule has 0 saturated heterocycles. The standard InChI is InChI=1S/C13H22N2/c1-7-13(5,6)11-14-9-8-10(15-11)12(2,3)4/h8-9H,7H2,1-6H3. The fourth-order valence-electron chi connectivity index (χ4n) is 1.26. The fraction of sp³-hybridized carbons (Fsp3) is 0.692. The number of hydrogen-bond donors (Lipinski definition) is 0. The van der Waals surface area contributed by atoms with Gasteiger partial charge in [-0.05, 0) is 12.5 Å². The molecule has 0 bridgehead atoms. The normalized spacial score (nSPS) is 12.9. The van der Waals surface area contributed by atoms with E-state index in [2.05, 4.69) is 51.5 Å². The summed E-state index contributed by atoms with van der Waals surface area (Å²) in [5.41, 5.74) is 1.29. The third kappa shape index (κ3) is 2.77. The molecular weight excluding hydrogens is 184 g/mol. The summed E-state index contributed by atoms with van der Waals surface area (Å²) < 4.78 is 0. The second-order valence-electron chi connectivity index (χ2n) is 5.75. The number of nitrogens with zero attached hydrogens (tertiary/aromatic N) is 2. The van der Waals surface area contributed by atoms with Crippen LogP contribution in [-0.4, -0.2) is 9.97 Å². The zero-order valence-electron chi connectivity index (χ0n) is 10.8. The molecular formula is C13H22N2. The molecule has 0 aromatic carbocycles. The summed E-state index contributed by atoms with van der Waals surface area (Å²) >= 11 is 0. The van der Waals surface area contributed by atoms with Crippen molar-refractivity contribution in [3.05, 3.63) is 23.8 Å². The summed E-state index contributed by atoms with van der Waals surface area (Å²) in [7, 11) is 0. The Morgan fingerprint density at radius 3 is 2.20 bits per heavy atom. The van der Waals surface area contributed by atoms with Crippen LogP contribution in [0, 0.1) is 0 Å². The second kappa shape index (κ2) is 3.92. The average molecular weight is 206 g/mol. The maximum Gasteiger partial charge on any atom is 0.134 e. The minimum absolute atomic E-state index is 0.0707. The average Bonchev–Trinajstić information content (AvgIpc) is 2.17.